The number of nitrogens with one attached hydrogen (secondary N) is 2. The van der Waals surface area contributed by atoms with Crippen molar-refractivity contribution in [2.24, 2.45) is 5.73 Å². The Morgan fingerprint density at radius 1 is 1.47 bits per heavy atom. The number of hydrogen-bond acceptors (Lipinski definition) is 4. The number of carbonyl (C=O) groups excluding carboxylic acids is 3. The lowest BCUT2D eigenvalue weighted by Crippen LogP contribution is -2.72. The molecule has 15 heavy (non-hydrogen) atoms. The van der Waals surface area contributed by atoms with Crippen LogP contribution in [0.2, 0.25) is 0 Å². The van der Waals surface area contributed by atoms with Crippen LogP contribution in [0.5, 0.6) is 0 Å². The van der Waals surface area contributed by atoms with Crippen molar-refractivity contribution in [1.82, 2.24) is 20.7 Å². The molecule has 82 valence electrons. The molecule has 0 bridgehead atoms. The van der Waals surface area contributed by atoms with Gasteiger partial charge in [-0.2, -0.15) is 0 Å². The number of nitrogens with zero attached hydrogens (tertiary/aromatic N) is 2. The van der Waals surface area contributed by atoms with Crippen molar-refractivity contribution in [2.75, 3.05) is 19.6 Å². The van der Waals surface area contributed by atoms with Crippen LogP contribution in [0.15, 0.2) is 0 Å². The molecule has 0 aliphatic carbocycles. The first-order valence-electron chi connectivity index (χ1n) is 4.48. The third-order valence-electron chi connectivity index (χ3n) is 2.41. The number of primary amides is 1. The molecule has 2 heterocycles. The van der Waals surface area contributed by atoms with Crippen molar-refractivity contribution < 1.29 is 14.4 Å². The van der Waals surface area contributed by atoms with E-state index in [9.17, 15) is 14.4 Å². The zero-order valence-corrected chi connectivity index (χ0v) is 7.90. The summed E-state index contributed by atoms with van der Waals surface area (Å²) in [6.45, 7) is 0.141. The van der Waals surface area contributed by atoms with Gasteiger partial charge in [-0.15, -0.1) is 0 Å². The van der Waals surface area contributed by atoms with Crippen LogP contribution in [0.3, 0.4) is 0 Å². The number of rotatable bonds is 0. The van der Waals surface area contributed by atoms with Crippen LogP contribution < -0.4 is 16.5 Å². The SMILES string of the molecule is NC(=O)N1NCC(=O)N2CC(=O)NCC21. The fourth-order valence-electron chi connectivity index (χ4n) is 1.70. The van der Waals surface area contributed by atoms with E-state index in [2.05, 4.69) is 10.7 Å². The Bertz CT molecular complexity index is 331. The standard InChI is InChI=1S/C7H11N5O3/c8-7(15)12-5-1-9-4(13)3-11(5)6(14)2-10-12/h5,10H,1-3H2,(H2,8,15)(H,9,13). The average Bonchev–Trinajstić information content (AvgIpc) is 2.19. The predicted octanol–water partition coefficient (Wildman–Crippen LogP) is -2.83. The van der Waals surface area contributed by atoms with Crippen molar-refractivity contribution in [1.29, 1.82) is 0 Å². The van der Waals surface area contributed by atoms with Crippen LogP contribution in [0.25, 0.3) is 0 Å². The van der Waals surface area contributed by atoms with E-state index in [0.717, 1.165) is 5.01 Å². The maximum atomic E-state index is 11.4. The molecule has 0 aromatic heterocycles. The Labute approximate surface area is 85.3 Å². The minimum absolute atomic E-state index is 0.0211. The Kier molecular flexibility index (Phi) is 2.19. The summed E-state index contributed by atoms with van der Waals surface area (Å²) >= 11 is 0. The third-order valence-corrected chi connectivity index (χ3v) is 2.41. The molecule has 0 spiro atoms. The molecule has 8 heteroatoms. The van der Waals surface area contributed by atoms with Gasteiger partial charge in [0.15, 0.2) is 0 Å². The molecule has 0 aromatic carbocycles. The summed E-state index contributed by atoms with van der Waals surface area (Å²) in [6, 6.07) is -0.673. The van der Waals surface area contributed by atoms with E-state index >= 15 is 0 Å². The van der Waals surface area contributed by atoms with Gasteiger partial charge in [0, 0.05) is 0 Å². The molecule has 4 amide bonds. The molecule has 0 radical (unpaired) electrons. The lowest BCUT2D eigenvalue weighted by atomic mass is 10.2. The summed E-state index contributed by atoms with van der Waals surface area (Å²) in [6.07, 6.45) is -0.526. The first kappa shape index (κ1) is 9.71. The molecule has 2 aliphatic rings. The number of carbonyl (C=O) groups is 3. The van der Waals surface area contributed by atoms with E-state index in [4.69, 9.17) is 5.73 Å². The van der Waals surface area contributed by atoms with Crippen molar-refractivity contribution in [2.45, 2.75) is 6.17 Å². The highest BCUT2D eigenvalue weighted by molar-refractivity contribution is 5.88. The van der Waals surface area contributed by atoms with Gasteiger partial charge in [-0.1, -0.05) is 0 Å². The van der Waals surface area contributed by atoms with Crippen LogP contribution in [0, 0.1) is 0 Å². The monoisotopic (exact) mass is 213 g/mol. The highest BCUT2D eigenvalue weighted by Crippen LogP contribution is 2.11. The maximum absolute atomic E-state index is 11.4. The van der Waals surface area contributed by atoms with Crippen molar-refractivity contribution in [3.63, 3.8) is 0 Å². The second-order valence-electron chi connectivity index (χ2n) is 3.35. The smallest absolute Gasteiger partial charge is 0.331 e. The first-order valence-corrected chi connectivity index (χ1v) is 4.48. The fourth-order valence-corrected chi connectivity index (χ4v) is 1.70. The molecule has 8 nitrogen and oxygen atoms in total. The van der Waals surface area contributed by atoms with Crippen molar-refractivity contribution in [3.05, 3.63) is 0 Å². The zero-order chi connectivity index (χ0) is 11.0. The normalized spacial score (nSPS) is 26.0. The van der Waals surface area contributed by atoms with Crippen LogP contribution in [-0.4, -0.2) is 53.6 Å². The van der Waals surface area contributed by atoms with E-state index in [-0.39, 0.29) is 31.4 Å². The number of urea groups is 1. The van der Waals surface area contributed by atoms with E-state index < -0.39 is 12.2 Å². The van der Waals surface area contributed by atoms with Gasteiger partial charge in [-0.3, -0.25) is 9.59 Å². The summed E-state index contributed by atoms with van der Waals surface area (Å²) in [5.41, 5.74) is 7.73. The molecular formula is C7H11N5O3. The van der Waals surface area contributed by atoms with Gasteiger partial charge in [0.1, 0.15) is 12.7 Å². The lowest BCUT2D eigenvalue weighted by Gasteiger charge is -2.44. The minimum atomic E-state index is -0.673. The Balaban J connectivity index is 2.19. The quantitative estimate of drug-likeness (QED) is 0.403. The third kappa shape index (κ3) is 1.59. The summed E-state index contributed by atoms with van der Waals surface area (Å²) in [5, 5.41) is 3.72. The second kappa shape index (κ2) is 3.39. The summed E-state index contributed by atoms with van der Waals surface area (Å²) in [5.74, 6) is -0.446. The number of nitrogens with two attached hydrogens (primary N) is 1. The van der Waals surface area contributed by atoms with E-state index in [1.165, 1.54) is 4.90 Å². The lowest BCUT2D eigenvalue weighted by molar-refractivity contribution is -0.152. The van der Waals surface area contributed by atoms with Gasteiger partial charge in [-0.05, 0) is 0 Å². The van der Waals surface area contributed by atoms with Crippen LogP contribution in [0.1, 0.15) is 0 Å². The van der Waals surface area contributed by atoms with Gasteiger partial charge in [0.05, 0.1) is 13.1 Å². The van der Waals surface area contributed by atoms with Gasteiger partial charge < -0.3 is 16.0 Å². The molecule has 1 unspecified atom stereocenters. The Morgan fingerprint density at radius 3 is 2.87 bits per heavy atom. The molecule has 2 rings (SSSR count). The summed E-state index contributed by atoms with van der Waals surface area (Å²) in [4.78, 5) is 34.9. The average molecular weight is 213 g/mol. The highest BCUT2D eigenvalue weighted by Gasteiger charge is 2.39. The van der Waals surface area contributed by atoms with Crippen molar-refractivity contribution in [3.8, 4) is 0 Å². The molecular weight excluding hydrogens is 202 g/mol. The molecule has 1 atom stereocenters. The molecule has 0 aromatic rings. The topological polar surface area (TPSA) is 108 Å². The van der Waals surface area contributed by atoms with E-state index in [1.807, 2.05) is 0 Å². The second-order valence-corrected chi connectivity index (χ2v) is 3.35. The number of hydrazine groups is 1. The Hall–Kier alpha value is -1.83. The number of amides is 4. The summed E-state index contributed by atoms with van der Waals surface area (Å²) in [7, 11) is 0. The molecule has 2 fully saturated rings. The summed E-state index contributed by atoms with van der Waals surface area (Å²) < 4.78 is 0. The fraction of sp³-hybridized carbons (Fsp3) is 0.571. The maximum Gasteiger partial charge on any atom is 0.331 e. The van der Waals surface area contributed by atoms with Crippen LogP contribution in [-0.2, 0) is 9.59 Å². The Morgan fingerprint density at radius 2 is 2.20 bits per heavy atom. The van der Waals surface area contributed by atoms with Gasteiger partial charge in [0.2, 0.25) is 11.8 Å². The molecule has 0 saturated carbocycles. The van der Waals surface area contributed by atoms with E-state index in [1.54, 1.807) is 0 Å². The molecule has 2 aliphatic heterocycles. The van der Waals surface area contributed by atoms with Crippen molar-refractivity contribution >= 4 is 17.8 Å². The van der Waals surface area contributed by atoms with Gasteiger partial charge in [0.25, 0.3) is 0 Å². The zero-order valence-electron chi connectivity index (χ0n) is 7.90. The van der Waals surface area contributed by atoms with Crippen LogP contribution >= 0.6 is 0 Å². The molecule has 2 saturated heterocycles. The number of hydrogen-bond donors (Lipinski definition) is 3. The minimum Gasteiger partial charge on any atom is -0.351 e. The molecule has 4 N–H and O–H groups in total. The van der Waals surface area contributed by atoms with Gasteiger partial charge >= 0.3 is 6.03 Å². The van der Waals surface area contributed by atoms with E-state index in [0.29, 0.717) is 0 Å². The largest absolute Gasteiger partial charge is 0.351 e. The van der Waals surface area contributed by atoms with Crippen LogP contribution in [0.4, 0.5) is 4.79 Å². The highest BCUT2D eigenvalue weighted by atomic mass is 16.2. The predicted molar refractivity (Wildman–Crippen MR) is 47.9 cm³/mol. The first-order chi connectivity index (χ1) is 7.09. The van der Waals surface area contributed by atoms with Gasteiger partial charge in [-0.25, -0.2) is 15.2 Å². The number of piperazine rings is 1. The number of fused-ring (bicyclic) bond motifs is 1.